The maximum atomic E-state index is 13.0. The Kier molecular flexibility index (Phi) is 5.42. The van der Waals surface area contributed by atoms with Gasteiger partial charge in [-0.25, -0.2) is 0 Å². The summed E-state index contributed by atoms with van der Waals surface area (Å²) in [7, 11) is 0. The molecular weight excluding hydrogens is 364 g/mol. The Morgan fingerprint density at radius 2 is 2.07 bits per heavy atom. The lowest BCUT2D eigenvalue weighted by molar-refractivity contribution is -0.119. The van der Waals surface area contributed by atoms with Gasteiger partial charge in [-0.15, -0.1) is 0 Å². The van der Waals surface area contributed by atoms with E-state index >= 15 is 0 Å². The van der Waals surface area contributed by atoms with E-state index in [-0.39, 0.29) is 29.0 Å². The van der Waals surface area contributed by atoms with Crippen molar-refractivity contribution in [1.29, 1.82) is 0 Å². The molecule has 29 heavy (non-hydrogen) atoms. The fourth-order valence-electron chi connectivity index (χ4n) is 7.09. The third-order valence-corrected chi connectivity index (χ3v) is 8.64. The van der Waals surface area contributed by atoms with Gasteiger partial charge in [-0.1, -0.05) is 36.3 Å². The van der Waals surface area contributed by atoms with Crippen molar-refractivity contribution in [2.45, 2.75) is 83.5 Å². The molecule has 0 amide bonds. The van der Waals surface area contributed by atoms with Gasteiger partial charge in [0.15, 0.2) is 5.78 Å². The van der Waals surface area contributed by atoms with Crippen LogP contribution in [0.25, 0.3) is 0 Å². The molecule has 0 radical (unpaired) electrons. The maximum absolute atomic E-state index is 13.0. The summed E-state index contributed by atoms with van der Waals surface area (Å²) in [5.41, 5.74) is 1.29. The third kappa shape index (κ3) is 3.37. The molecule has 4 aliphatic carbocycles. The van der Waals surface area contributed by atoms with Crippen molar-refractivity contribution < 1.29 is 20.1 Å². The fraction of sp³-hybridized carbons (Fsp3) is 0.720. The van der Waals surface area contributed by atoms with Crippen LogP contribution in [0.1, 0.15) is 65.7 Å². The van der Waals surface area contributed by atoms with E-state index in [1.165, 1.54) is 11.1 Å². The van der Waals surface area contributed by atoms with E-state index < -0.39 is 17.8 Å². The quantitative estimate of drug-likeness (QED) is 0.631. The molecule has 2 bridgehead atoms. The molecule has 4 rings (SSSR count). The van der Waals surface area contributed by atoms with Crippen molar-refractivity contribution >= 4 is 5.78 Å². The average Bonchev–Trinajstić information content (AvgIpc) is 2.82. The minimum atomic E-state index is -1.19. The summed E-state index contributed by atoms with van der Waals surface area (Å²) in [5, 5.41) is 32.1. The molecule has 2 fully saturated rings. The first-order valence-electron chi connectivity index (χ1n) is 11.3. The zero-order valence-electron chi connectivity index (χ0n) is 18.0. The van der Waals surface area contributed by atoms with E-state index in [2.05, 4.69) is 13.0 Å². The average molecular weight is 401 g/mol. The minimum Gasteiger partial charge on any atom is -0.393 e. The number of allylic oxidation sites excluding steroid dienone is 4. The highest BCUT2D eigenvalue weighted by atomic mass is 16.3. The number of aliphatic hydroxyl groups is 3. The van der Waals surface area contributed by atoms with Gasteiger partial charge >= 0.3 is 0 Å². The van der Waals surface area contributed by atoms with E-state index in [4.69, 9.17) is 0 Å². The van der Waals surface area contributed by atoms with E-state index in [0.29, 0.717) is 18.8 Å². The van der Waals surface area contributed by atoms with Gasteiger partial charge in [0.05, 0.1) is 11.7 Å². The van der Waals surface area contributed by atoms with Gasteiger partial charge in [0.2, 0.25) is 0 Å². The molecule has 0 aliphatic heterocycles. The number of hydrogen-bond acceptors (Lipinski definition) is 4. The standard InChI is InChI=1S/C25H36O4/c1-4-5-23(28)25(3,29)22-9-8-20-19-14-21(27)16-12-15(6-7-17(26)13-16)18(19)10-11-24(20,22)2/h4-6,14,16-18,20,22-23,26,28-29H,7-13H2,1-3H3/b5-4+/t16-,17+,18?,20?,22?,23+,24+,25-/m1/s1. The number of carbonyl (C=O) groups excluding carboxylic acids is 1. The number of ketones is 1. The molecule has 0 spiro atoms. The summed E-state index contributed by atoms with van der Waals surface area (Å²) in [6.07, 6.45) is 12.1. The number of carbonyl (C=O) groups is 1. The van der Waals surface area contributed by atoms with Crippen LogP contribution in [0, 0.1) is 29.1 Å². The van der Waals surface area contributed by atoms with Crippen LogP contribution in [-0.4, -0.2) is 38.9 Å². The van der Waals surface area contributed by atoms with Crippen LogP contribution in [-0.2, 0) is 4.79 Å². The minimum absolute atomic E-state index is 0.00985. The van der Waals surface area contributed by atoms with Crippen molar-refractivity contribution in [3.63, 3.8) is 0 Å². The van der Waals surface area contributed by atoms with E-state index in [0.717, 1.165) is 32.1 Å². The van der Waals surface area contributed by atoms with Crippen LogP contribution < -0.4 is 0 Å². The molecule has 3 N–H and O–H groups in total. The lowest BCUT2D eigenvalue weighted by atomic mass is 9.56. The smallest absolute Gasteiger partial charge is 0.159 e. The first-order chi connectivity index (χ1) is 13.7. The largest absolute Gasteiger partial charge is 0.393 e. The Labute approximate surface area is 174 Å². The Morgan fingerprint density at radius 3 is 2.79 bits per heavy atom. The fourth-order valence-corrected chi connectivity index (χ4v) is 7.09. The zero-order valence-corrected chi connectivity index (χ0v) is 18.0. The van der Waals surface area contributed by atoms with Gasteiger partial charge in [-0.2, -0.15) is 0 Å². The molecule has 8 atom stereocenters. The Hall–Kier alpha value is -1.23. The van der Waals surface area contributed by atoms with Gasteiger partial charge in [0, 0.05) is 11.8 Å². The zero-order chi connectivity index (χ0) is 21.0. The van der Waals surface area contributed by atoms with Crippen LogP contribution in [0.15, 0.2) is 35.5 Å². The topological polar surface area (TPSA) is 77.8 Å². The number of aliphatic hydroxyl groups excluding tert-OH is 2. The second-order valence-corrected chi connectivity index (χ2v) is 10.3. The molecule has 0 aromatic rings. The van der Waals surface area contributed by atoms with Crippen LogP contribution in [0.3, 0.4) is 0 Å². The van der Waals surface area contributed by atoms with E-state index in [9.17, 15) is 20.1 Å². The summed E-state index contributed by atoms with van der Waals surface area (Å²) in [5.74, 6) is 0.634. The molecule has 4 nitrogen and oxygen atoms in total. The molecular formula is C25H36O4. The predicted octanol–water partition coefficient (Wildman–Crippen LogP) is 3.71. The summed E-state index contributed by atoms with van der Waals surface area (Å²) < 4.78 is 0. The second kappa shape index (κ2) is 7.47. The molecule has 160 valence electrons. The summed E-state index contributed by atoms with van der Waals surface area (Å²) >= 11 is 0. The van der Waals surface area contributed by atoms with Gasteiger partial charge in [0.25, 0.3) is 0 Å². The molecule has 0 saturated heterocycles. The van der Waals surface area contributed by atoms with Crippen LogP contribution in [0.5, 0.6) is 0 Å². The van der Waals surface area contributed by atoms with Crippen molar-refractivity contribution in [2.75, 3.05) is 0 Å². The van der Waals surface area contributed by atoms with Crippen molar-refractivity contribution in [2.24, 2.45) is 29.1 Å². The SMILES string of the molecule is C/C=C/[C@H](O)[C@](C)(O)C1CCC2C3=CC(=O)[C@@H]4CC(=CC[C@H](O)C4)C3CC[C@@]21C. The summed E-state index contributed by atoms with van der Waals surface area (Å²) in [4.78, 5) is 13.0. The normalized spacial score (nSPS) is 42.8. The molecule has 0 heterocycles. The summed E-state index contributed by atoms with van der Waals surface area (Å²) in [6, 6.07) is 0. The highest BCUT2D eigenvalue weighted by Gasteiger charge is 2.58. The first kappa shape index (κ1) is 21.0. The van der Waals surface area contributed by atoms with Crippen molar-refractivity contribution in [3.05, 3.63) is 35.5 Å². The molecule has 3 unspecified atom stereocenters. The number of fused-ring (bicyclic) bond motifs is 6. The molecule has 0 aromatic heterocycles. The van der Waals surface area contributed by atoms with E-state index in [1.807, 2.05) is 13.0 Å². The molecule has 0 aromatic carbocycles. The highest BCUT2D eigenvalue weighted by Crippen LogP contribution is 2.63. The molecule has 4 heteroatoms. The molecule has 2 saturated carbocycles. The monoisotopic (exact) mass is 400 g/mol. The van der Waals surface area contributed by atoms with Crippen molar-refractivity contribution in [1.82, 2.24) is 0 Å². The second-order valence-electron chi connectivity index (χ2n) is 10.3. The molecule has 4 aliphatic rings. The van der Waals surface area contributed by atoms with Crippen LogP contribution in [0.4, 0.5) is 0 Å². The Morgan fingerprint density at radius 1 is 1.31 bits per heavy atom. The number of rotatable bonds is 3. The van der Waals surface area contributed by atoms with Gasteiger partial charge in [-0.3, -0.25) is 4.79 Å². The lowest BCUT2D eigenvalue weighted by Gasteiger charge is -2.50. The van der Waals surface area contributed by atoms with Crippen molar-refractivity contribution in [3.8, 4) is 0 Å². The van der Waals surface area contributed by atoms with Gasteiger partial charge in [-0.05, 0) is 82.1 Å². The Balaban J connectivity index is 1.69. The van der Waals surface area contributed by atoms with E-state index in [1.54, 1.807) is 19.1 Å². The van der Waals surface area contributed by atoms with Crippen LogP contribution >= 0.6 is 0 Å². The summed E-state index contributed by atoms with van der Waals surface area (Å²) in [6.45, 7) is 5.89. The third-order valence-electron chi connectivity index (χ3n) is 8.64. The highest BCUT2D eigenvalue weighted by molar-refractivity contribution is 5.93. The predicted molar refractivity (Wildman–Crippen MR) is 113 cm³/mol. The van der Waals surface area contributed by atoms with Crippen LogP contribution in [0.2, 0.25) is 0 Å². The Bertz CT molecular complexity index is 761. The van der Waals surface area contributed by atoms with Gasteiger partial charge < -0.3 is 15.3 Å². The lowest BCUT2D eigenvalue weighted by Crippen LogP contribution is -2.52. The maximum Gasteiger partial charge on any atom is 0.159 e. The number of hydrogen-bond donors (Lipinski definition) is 3. The first-order valence-corrected chi connectivity index (χ1v) is 11.3. The van der Waals surface area contributed by atoms with Gasteiger partial charge in [0.1, 0.15) is 6.10 Å².